The molecular weight excluding hydrogens is 604 g/mol. The third-order valence-electron chi connectivity index (χ3n) is 8.96. The average molecular weight is 636 g/mol. The van der Waals surface area contributed by atoms with Gasteiger partial charge in [0.15, 0.2) is 34.9 Å². The smallest absolute Gasteiger partial charge is 0.200 e. The van der Waals surface area contributed by atoms with E-state index in [1.54, 1.807) is 0 Å². The Morgan fingerprint density at radius 3 is 1.07 bits per heavy atom. The predicted octanol–water partition coefficient (Wildman–Crippen LogP) is 8.56. The van der Waals surface area contributed by atoms with Gasteiger partial charge in [-0.1, -0.05) is 53.7 Å². The summed E-state index contributed by atoms with van der Waals surface area (Å²) >= 11 is 0. The highest BCUT2D eigenvalue weighted by atomic mass is 31.1. The van der Waals surface area contributed by atoms with Crippen LogP contribution >= 0.6 is 7.92 Å². The van der Waals surface area contributed by atoms with Crippen LogP contribution in [-0.4, -0.2) is 18.5 Å². The first-order valence-corrected chi connectivity index (χ1v) is 16.1. The van der Waals surface area contributed by atoms with Crippen LogP contribution in [-0.2, 0) is 0 Å². The first kappa shape index (κ1) is 33.4. The maximum absolute atomic E-state index is 15.3. The van der Waals surface area contributed by atoms with Crippen LogP contribution < -0.4 is 16.2 Å². The Hall–Kier alpha value is -2.55. The Balaban J connectivity index is 2.00. The lowest BCUT2D eigenvalue weighted by atomic mass is 9.15. The molecule has 0 nitrogen and oxygen atoms in total. The highest BCUT2D eigenvalue weighted by Gasteiger charge is 2.47. The predicted molar refractivity (Wildman–Crippen MR) is 153 cm³/mol. The van der Waals surface area contributed by atoms with Crippen LogP contribution in [0.2, 0.25) is 12.6 Å². The quantitative estimate of drug-likeness (QED) is 0.0837. The van der Waals surface area contributed by atoms with Gasteiger partial charge in [-0.05, 0) is 34.4 Å². The molecule has 1 saturated heterocycles. The summed E-state index contributed by atoms with van der Waals surface area (Å²) in [5.41, 5.74) is 0.0661. The zero-order chi connectivity index (χ0) is 32.3. The van der Waals surface area contributed by atoms with Crippen molar-refractivity contribution in [3.63, 3.8) is 0 Å². The van der Waals surface area contributed by atoms with Crippen LogP contribution in [0.1, 0.15) is 76.0 Å². The van der Waals surface area contributed by atoms with Crippen molar-refractivity contribution >= 4 is 30.3 Å². The number of benzene rings is 3. The van der Waals surface area contributed by atoms with Crippen LogP contribution in [0.15, 0.2) is 12.1 Å². The molecule has 1 aliphatic heterocycles. The van der Waals surface area contributed by atoms with E-state index >= 15 is 17.6 Å². The summed E-state index contributed by atoms with van der Waals surface area (Å²) in [5.74, 6) is -23.5. The molecule has 0 saturated carbocycles. The van der Waals surface area contributed by atoms with Gasteiger partial charge in [0.05, 0.1) is 11.5 Å². The number of halogens is 10. The first-order valence-electron chi connectivity index (χ1n) is 14.2. The van der Waals surface area contributed by atoms with E-state index in [0.29, 0.717) is 0 Å². The number of hydrogen-bond acceptors (Lipinski definition) is 0. The van der Waals surface area contributed by atoms with Crippen molar-refractivity contribution < 1.29 is 43.9 Å². The molecule has 3 aromatic rings. The molecule has 0 unspecified atom stereocenters. The van der Waals surface area contributed by atoms with E-state index in [4.69, 9.17) is 0 Å². The second kappa shape index (κ2) is 12.1. The first-order chi connectivity index (χ1) is 20.0. The van der Waals surface area contributed by atoms with Crippen molar-refractivity contribution in [1.29, 1.82) is 0 Å². The molecule has 0 spiro atoms. The Labute approximate surface area is 245 Å². The standard InChI is InChI=1S/C31H31BF10P/c1-13(2)16-11-17(14(3)4)31(18(12-16)15(5)6)43-9-7-32(8-10-43,19-21(33)25(37)29(41)26(38)22(19)34)20-23(35)27(39)30(42)28(40)24(20)36/h11-15H,7-10H2,1-6H3/q-1/p+1. The lowest BCUT2D eigenvalue weighted by molar-refractivity contribution is 0.381. The van der Waals surface area contributed by atoms with E-state index in [2.05, 4.69) is 12.1 Å². The van der Waals surface area contributed by atoms with Crippen LogP contribution in [0, 0.1) is 58.2 Å². The van der Waals surface area contributed by atoms with E-state index in [-0.39, 0.29) is 30.1 Å². The topological polar surface area (TPSA) is 0 Å². The minimum absolute atomic E-state index is 0.0319. The SMILES string of the molecule is CC(C)c1cc(C(C)C)c([PH+]2CC[B-](c3c(F)c(F)c(F)c(F)c3F)(c3c(F)c(F)c(F)c(F)c3F)CC2)c(C(C)C)c1. The van der Waals surface area contributed by atoms with Gasteiger partial charge < -0.3 is 0 Å². The molecule has 0 radical (unpaired) electrons. The Morgan fingerprint density at radius 1 is 0.488 bits per heavy atom. The summed E-state index contributed by atoms with van der Waals surface area (Å²) in [6, 6.07) is 4.16. The molecule has 12 heteroatoms. The maximum atomic E-state index is 15.3. The summed E-state index contributed by atoms with van der Waals surface area (Å²) in [7, 11) is -1.70. The molecule has 43 heavy (non-hydrogen) atoms. The summed E-state index contributed by atoms with van der Waals surface area (Å²) in [6.45, 7) is 12.1. The van der Waals surface area contributed by atoms with Crippen molar-refractivity contribution in [2.45, 2.75) is 71.9 Å². The third-order valence-corrected chi connectivity index (χ3v) is 12.0. The van der Waals surface area contributed by atoms with Crippen molar-refractivity contribution in [1.82, 2.24) is 0 Å². The van der Waals surface area contributed by atoms with E-state index in [9.17, 15) is 26.3 Å². The minimum Gasteiger partial charge on any atom is -0.207 e. The third kappa shape index (κ3) is 5.38. The van der Waals surface area contributed by atoms with Crippen molar-refractivity contribution in [3.8, 4) is 0 Å². The van der Waals surface area contributed by atoms with E-state index in [1.807, 2.05) is 41.5 Å². The molecule has 0 amide bonds. The Kier molecular flexibility index (Phi) is 9.38. The molecule has 1 fully saturated rings. The minimum atomic E-state index is -3.68. The van der Waals surface area contributed by atoms with Gasteiger partial charge in [-0.25, -0.2) is 43.9 Å². The molecule has 1 heterocycles. The van der Waals surface area contributed by atoms with E-state index in [0.717, 1.165) is 22.0 Å². The zero-order valence-corrected chi connectivity index (χ0v) is 25.6. The van der Waals surface area contributed by atoms with Gasteiger partial charge in [-0.2, -0.15) is 0 Å². The van der Waals surface area contributed by atoms with Crippen molar-refractivity contribution in [2.24, 2.45) is 0 Å². The van der Waals surface area contributed by atoms with Gasteiger partial charge in [0, 0.05) is 20.2 Å². The van der Waals surface area contributed by atoms with E-state index in [1.165, 1.54) is 0 Å². The molecule has 0 bridgehead atoms. The Morgan fingerprint density at radius 2 is 0.791 bits per heavy atom. The van der Waals surface area contributed by atoms with Gasteiger partial charge in [0.1, 0.15) is 23.3 Å². The number of rotatable bonds is 6. The lowest BCUT2D eigenvalue weighted by Gasteiger charge is -2.45. The molecule has 0 aromatic heterocycles. The summed E-state index contributed by atoms with van der Waals surface area (Å²) in [5, 5.41) is 1.01. The molecular formula is C31H32BF10P. The summed E-state index contributed by atoms with van der Waals surface area (Å²) in [6.07, 6.45) is -4.72. The van der Waals surface area contributed by atoms with E-state index < -0.39 is 95.8 Å². The lowest BCUT2D eigenvalue weighted by Crippen LogP contribution is -2.65. The van der Waals surface area contributed by atoms with Gasteiger partial charge in [-0.3, -0.25) is 0 Å². The monoisotopic (exact) mass is 636 g/mol. The molecule has 0 atom stereocenters. The number of hydrogen-bond donors (Lipinski definition) is 0. The highest BCUT2D eigenvalue weighted by Crippen LogP contribution is 2.49. The van der Waals surface area contributed by atoms with Gasteiger partial charge in [0.25, 0.3) is 0 Å². The largest absolute Gasteiger partial charge is 0.207 e. The summed E-state index contributed by atoms with van der Waals surface area (Å²) < 4.78 is 147. The Bertz CT molecular complexity index is 1420. The molecule has 234 valence electrons. The molecule has 4 rings (SSSR count). The molecule has 0 aliphatic carbocycles. The fraction of sp³-hybridized carbons (Fsp3) is 0.419. The van der Waals surface area contributed by atoms with Crippen molar-refractivity contribution in [2.75, 3.05) is 12.3 Å². The zero-order valence-electron chi connectivity index (χ0n) is 24.6. The summed E-state index contributed by atoms with van der Waals surface area (Å²) in [4.78, 5) is 0. The fourth-order valence-electron chi connectivity index (χ4n) is 6.66. The second-order valence-corrected chi connectivity index (χ2v) is 15.1. The molecule has 3 aromatic carbocycles. The maximum Gasteiger partial charge on any atom is 0.200 e. The molecule has 0 N–H and O–H groups in total. The average Bonchev–Trinajstić information content (AvgIpc) is 2.96. The normalized spacial score (nSPS) is 15.8. The fourth-order valence-corrected chi connectivity index (χ4v) is 10.6. The molecule has 1 aliphatic rings. The van der Waals surface area contributed by atoms with Gasteiger partial charge in [-0.15, -0.1) is 23.6 Å². The second-order valence-electron chi connectivity index (χ2n) is 12.4. The van der Waals surface area contributed by atoms with Gasteiger partial charge in [0.2, 0.25) is 0 Å². The van der Waals surface area contributed by atoms with Crippen LogP contribution in [0.5, 0.6) is 0 Å². The van der Waals surface area contributed by atoms with Crippen LogP contribution in [0.3, 0.4) is 0 Å². The van der Waals surface area contributed by atoms with Crippen LogP contribution in [0.4, 0.5) is 43.9 Å². The van der Waals surface area contributed by atoms with Gasteiger partial charge >= 0.3 is 0 Å². The van der Waals surface area contributed by atoms with Crippen LogP contribution in [0.25, 0.3) is 0 Å². The van der Waals surface area contributed by atoms with Crippen molar-refractivity contribution in [3.05, 3.63) is 87.0 Å². The highest BCUT2D eigenvalue weighted by molar-refractivity contribution is 7.66.